The molecule has 0 bridgehead atoms. The second-order valence-corrected chi connectivity index (χ2v) is 16.1. The van der Waals surface area contributed by atoms with Crippen LogP contribution in [0.4, 0.5) is 0 Å². The van der Waals surface area contributed by atoms with Crippen molar-refractivity contribution in [2.45, 2.75) is 174 Å². The van der Waals surface area contributed by atoms with E-state index in [1.165, 1.54) is 57.8 Å². The number of phosphoric ester groups is 1. The number of allylic oxidation sites excluding steroid dienone is 4. The second-order valence-electron chi connectivity index (χ2n) is 14.6. The molecule has 0 amide bonds. The highest BCUT2D eigenvalue weighted by Gasteiger charge is 2.21. The van der Waals surface area contributed by atoms with Crippen LogP contribution in [0.25, 0.3) is 0 Å². The molecule has 0 radical (unpaired) electrons. The van der Waals surface area contributed by atoms with Gasteiger partial charge < -0.3 is 27.9 Å². The maximum absolute atomic E-state index is 12.6. The predicted molar refractivity (Wildman–Crippen MR) is 204 cm³/mol. The topological polar surface area (TPSA) is 111 Å². The first-order valence-electron chi connectivity index (χ1n) is 20.0. The monoisotopic (exact) mass is 730 g/mol. The fourth-order valence-corrected chi connectivity index (χ4v) is 5.95. The van der Waals surface area contributed by atoms with Crippen molar-refractivity contribution in [3.8, 4) is 0 Å². The van der Waals surface area contributed by atoms with E-state index in [-0.39, 0.29) is 26.1 Å². The van der Waals surface area contributed by atoms with Gasteiger partial charge in [0.05, 0.1) is 27.7 Å². The van der Waals surface area contributed by atoms with Crippen LogP contribution in [0.5, 0.6) is 0 Å². The third kappa shape index (κ3) is 36.3. The molecule has 10 heteroatoms. The van der Waals surface area contributed by atoms with Crippen molar-refractivity contribution in [1.29, 1.82) is 0 Å². The molecule has 0 aliphatic carbocycles. The van der Waals surface area contributed by atoms with Gasteiger partial charge in [-0.15, -0.1) is 0 Å². The summed E-state index contributed by atoms with van der Waals surface area (Å²) >= 11 is 0. The Labute approximate surface area is 307 Å². The van der Waals surface area contributed by atoms with Gasteiger partial charge in [-0.1, -0.05) is 122 Å². The Morgan fingerprint density at radius 1 is 0.600 bits per heavy atom. The quantitative estimate of drug-likeness (QED) is 0.0206. The molecule has 50 heavy (non-hydrogen) atoms. The van der Waals surface area contributed by atoms with E-state index < -0.39 is 32.5 Å². The number of carbonyl (C=O) groups is 2. The first kappa shape index (κ1) is 48.5. The summed E-state index contributed by atoms with van der Waals surface area (Å²) in [6, 6.07) is 0. The molecule has 0 spiro atoms. The van der Waals surface area contributed by atoms with Crippen molar-refractivity contribution < 1.29 is 42.1 Å². The molecule has 294 valence electrons. The number of ether oxygens (including phenoxy) is 2. The molecule has 0 fully saturated rings. The highest BCUT2D eigenvalue weighted by Crippen LogP contribution is 2.38. The Morgan fingerprint density at radius 3 is 1.54 bits per heavy atom. The fraction of sp³-hybridized carbons (Fsp3) is 0.850. The number of carbonyl (C=O) groups excluding carboxylic acids is 2. The Morgan fingerprint density at radius 2 is 1.04 bits per heavy atom. The molecule has 0 aromatic carbocycles. The van der Waals surface area contributed by atoms with Crippen LogP contribution in [0.1, 0.15) is 168 Å². The van der Waals surface area contributed by atoms with E-state index in [2.05, 4.69) is 38.2 Å². The molecule has 0 saturated carbocycles. The van der Waals surface area contributed by atoms with Crippen LogP contribution >= 0.6 is 7.82 Å². The van der Waals surface area contributed by atoms with Crippen LogP contribution in [-0.2, 0) is 32.7 Å². The lowest BCUT2D eigenvalue weighted by atomic mass is 10.1. The Bertz CT molecular complexity index is 918. The van der Waals surface area contributed by atoms with E-state index in [0.29, 0.717) is 17.4 Å². The van der Waals surface area contributed by atoms with Crippen LogP contribution in [0.2, 0.25) is 0 Å². The van der Waals surface area contributed by atoms with Gasteiger partial charge >= 0.3 is 11.9 Å². The number of likely N-dealkylation sites (N-methyl/N-ethyl adjacent to an activating group) is 1. The smallest absolute Gasteiger partial charge is 0.306 e. The summed E-state index contributed by atoms with van der Waals surface area (Å²) in [6.07, 6.45) is 33.5. The first-order valence-corrected chi connectivity index (χ1v) is 21.5. The van der Waals surface area contributed by atoms with Gasteiger partial charge in [-0.2, -0.15) is 0 Å². The minimum absolute atomic E-state index is 0.0329. The van der Waals surface area contributed by atoms with E-state index in [9.17, 15) is 19.0 Å². The second kappa shape index (κ2) is 33.3. The molecule has 0 rings (SSSR count). The van der Waals surface area contributed by atoms with Crippen LogP contribution in [0.15, 0.2) is 24.3 Å². The number of quaternary nitrogens is 1. The van der Waals surface area contributed by atoms with Crippen molar-refractivity contribution in [3.63, 3.8) is 0 Å². The van der Waals surface area contributed by atoms with Gasteiger partial charge in [0.15, 0.2) is 6.10 Å². The molecule has 0 aliphatic heterocycles. The summed E-state index contributed by atoms with van der Waals surface area (Å²) in [4.78, 5) is 37.3. The third-order valence-electron chi connectivity index (χ3n) is 8.44. The fourth-order valence-electron chi connectivity index (χ4n) is 5.22. The Kier molecular flexibility index (Phi) is 32.3. The lowest BCUT2D eigenvalue weighted by molar-refractivity contribution is -0.870. The number of nitrogens with zero attached hydrogens (tertiary/aromatic N) is 1. The molecule has 1 unspecified atom stereocenters. The molecule has 0 heterocycles. The number of phosphoric acid groups is 1. The number of hydrogen-bond donors (Lipinski definition) is 0. The number of hydrogen-bond acceptors (Lipinski definition) is 8. The average Bonchev–Trinajstić information content (AvgIpc) is 3.06. The highest BCUT2D eigenvalue weighted by molar-refractivity contribution is 7.45. The number of rotatable bonds is 36. The molecule has 0 aliphatic rings. The minimum Gasteiger partial charge on any atom is -0.756 e. The van der Waals surface area contributed by atoms with Gasteiger partial charge in [-0.05, 0) is 57.8 Å². The lowest BCUT2D eigenvalue weighted by Gasteiger charge is -2.28. The van der Waals surface area contributed by atoms with Crippen LogP contribution < -0.4 is 4.89 Å². The maximum atomic E-state index is 12.6. The predicted octanol–water partition coefficient (Wildman–Crippen LogP) is 10.2. The van der Waals surface area contributed by atoms with Gasteiger partial charge in [0, 0.05) is 12.8 Å². The standard InChI is InChI=1S/C40H76NO8P/c1-6-8-10-12-14-16-18-19-20-21-23-24-26-28-30-32-39(42)46-36-38(37-48-50(44,45)47-35-34-41(3,4)5)49-40(43)33-31-29-27-25-22-17-15-13-11-9-7-2/h13,15,19-20,38H,6-12,14,16-18,21-37H2,1-5H3/b15-13+,20-19+/t38-/m1/s1. The van der Waals surface area contributed by atoms with Gasteiger partial charge in [-0.25, -0.2) is 0 Å². The van der Waals surface area contributed by atoms with E-state index in [1.54, 1.807) is 0 Å². The molecule has 0 aromatic heterocycles. The van der Waals surface area contributed by atoms with E-state index in [4.69, 9.17) is 18.5 Å². The maximum Gasteiger partial charge on any atom is 0.306 e. The molecule has 2 atom stereocenters. The van der Waals surface area contributed by atoms with Gasteiger partial charge in [0.2, 0.25) is 0 Å². The summed E-state index contributed by atoms with van der Waals surface area (Å²) in [6.45, 7) is 4.15. The average molecular weight is 730 g/mol. The van der Waals surface area contributed by atoms with Gasteiger partial charge in [-0.3, -0.25) is 14.2 Å². The summed E-state index contributed by atoms with van der Waals surface area (Å²) < 4.78 is 33.7. The van der Waals surface area contributed by atoms with Gasteiger partial charge in [0.1, 0.15) is 19.8 Å². The molecule has 0 N–H and O–H groups in total. The normalized spacial score (nSPS) is 14.0. The van der Waals surface area contributed by atoms with Crippen molar-refractivity contribution in [2.75, 3.05) is 47.5 Å². The summed E-state index contributed by atoms with van der Waals surface area (Å²) in [7, 11) is 1.15. The molecule has 9 nitrogen and oxygen atoms in total. The van der Waals surface area contributed by atoms with Crippen molar-refractivity contribution >= 4 is 19.8 Å². The van der Waals surface area contributed by atoms with Gasteiger partial charge in [0.25, 0.3) is 7.82 Å². The minimum atomic E-state index is -4.62. The lowest BCUT2D eigenvalue weighted by Crippen LogP contribution is -2.37. The van der Waals surface area contributed by atoms with Crippen molar-refractivity contribution in [3.05, 3.63) is 24.3 Å². The van der Waals surface area contributed by atoms with Crippen molar-refractivity contribution in [1.82, 2.24) is 0 Å². The highest BCUT2D eigenvalue weighted by atomic mass is 31.2. The first-order chi connectivity index (χ1) is 24.0. The largest absolute Gasteiger partial charge is 0.756 e. The molecule has 0 aromatic rings. The summed E-state index contributed by atoms with van der Waals surface area (Å²) in [5.41, 5.74) is 0. The summed E-state index contributed by atoms with van der Waals surface area (Å²) in [5, 5.41) is 0. The van der Waals surface area contributed by atoms with Crippen LogP contribution in [-0.4, -0.2) is 70.0 Å². The van der Waals surface area contributed by atoms with E-state index in [1.807, 2.05) is 21.1 Å². The SMILES string of the molecule is CCCC/C=C/CCCCCCCC(=O)O[C@H](COC(=O)CCCCCCC/C=C/CCCCCCCC)COP(=O)([O-])OCC[N+](C)(C)C. The summed E-state index contributed by atoms with van der Waals surface area (Å²) in [5.74, 6) is -0.856. The van der Waals surface area contributed by atoms with Crippen LogP contribution in [0, 0.1) is 0 Å². The number of unbranched alkanes of at least 4 members (excludes halogenated alkanes) is 18. The third-order valence-corrected chi connectivity index (χ3v) is 9.41. The zero-order chi connectivity index (χ0) is 37.2. The molecular weight excluding hydrogens is 653 g/mol. The van der Waals surface area contributed by atoms with Crippen LogP contribution in [0.3, 0.4) is 0 Å². The Balaban J connectivity index is 4.41. The van der Waals surface area contributed by atoms with E-state index in [0.717, 1.165) is 77.0 Å². The van der Waals surface area contributed by atoms with E-state index >= 15 is 0 Å². The zero-order valence-electron chi connectivity index (χ0n) is 32.8. The Hall–Kier alpha value is -1.51. The van der Waals surface area contributed by atoms with Crippen molar-refractivity contribution in [2.24, 2.45) is 0 Å². The molecular formula is C40H76NO8P. The zero-order valence-corrected chi connectivity index (χ0v) is 33.7. The molecule has 0 saturated heterocycles. The number of esters is 2.